The summed E-state index contributed by atoms with van der Waals surface area (Å²) in [5.74, 6) is 0. The predicted molar refractivity (Wildman–Crippen MR) is 79.3 cm³/mol. The zero-order valence-electron chi connectivity index (χ0n) is 12.9. The minimum Gasteiger partial charge on any atom is -0.380 e. The fraction of sp³-hybridized carbons (Fsp3) is 1.00. The van der Waals surface area contributed by atoms with E-state index in [2.05, 4.69) is 30.7 Å². The highest BCUT2D eigenvalue weighted by Crippen LogP contribution is 2.31. The van der Waals surface area contributed by atoms with Gasteiger partial charge in [-0.3, -0.25) is 4.90 Å². The first-order valence-electron chi connectivity index (χ1n) is 7.84. The highest BCUT2D eigenvalue weighted by atomic mass is 16.5. The van der Waals surface area contributed by atoms with Crippen LogP contribution in [0.5, 0.6) is 0 Å². The Hall–Kier alpha value is -0.160. The predicted octanol–water partition coefficient (Wildman–Crippen LogP) is 1.30. The number of hydrogen-bond donors (Lipinski definition) is 1. The van der Waals surface area contributed by atoms with Crippen molar-refractivity contribution >= 4 is 0 Å². The Morgan fingerprint density at radius 3 is 2.74 bits per heavy atom. The van der Waals surface area contributed by atoms with Crippen molar-refractivity contribution in [3.8, 4) is 0 Å². The Bertz CT molecular complexity index is 279. The summed E-state index contributed by atoms with van der Waals surface area (Å²) in [7, 11) is 2.26. The quantitative estimate of drug-likeness (QED) is 0.835. The van der Waals surface area contributed by atoms with E-state index in [9.17, 15) is 0 Å². The molecule has 2 unspecified atom stereocenters. The molecule has 2 rings (SSSR count). The van der Waals surface area contributed by atoms with Gasteiger partial charge in [0.25, 0.3) is 0 Å². The topological polar surface area (TPSA) is 41.7 Å². The second-order valence-electron chi connectivity index (χ2n) is 6.54. The number of ether oxygens (including phenoxy) is 1. The van der Waals surface area contributed by atoms with Gasteiger partial charge in [0.05, 0.1) is 6.61 Å². The molecule has 0 spiro atoms. The van der Waals surface area contributed by atoms with Crippen molar-refractivity contribution in [2.75, 3.05) is 39.9 Å². The van der Waals surface area contributed by atoms with E-state index >= 15 is 0 Å². The molecule has 0 aromatic rings. The standard InChI is InChI=1S/C15H31N3O/c1-13(2)18-8-4-6-15(12-16,7-9-18)17(3)14-5-10-19-11-14/h13-14H,4-12,16H2,1-3H3. The third kappa shape index (κ3) is 3.30. The summed E-state index contributed by atoms with van der Waals surface area (Å²) in [6.07, 6.45) is 4.83. The molecule has 0 saturated carbocycles. The Labute approximate surface area is 118 Å². The summed E-state index contributed by atoms with van der Waals surface area (Å²) in [5.41, 5.74) is 6.38. The molecule has 0 bridgehead atoms. The number of nitrogens with two attached hydrogens (primary N) is 1. The number of likely N-dealkylation sites (tertiary alicyclic amines) is 1. The second-order valence-corrected chi connectivity index (χ2v) is 6.54. The maximum Gasteiger partial charge on any atom is 0.0622 e. The molecule has 4 heteroatoms. The van der Waals surface area contributed by atoms with Gasteiger partial charge in [0, 0.05) is 37.3 Å². The molecule has 2 atom stereocenters. The van der Waals surface area contributed by atoms with Crippen LogP contribution in [-0.2, 0) is 4.74 Å². The third-order valence-corrected chi connectivity index (χ3v) is 5.26. The summed E-state index contributed by atoms with van der Waals surface area (Å²) < 4.78 is 5.56. The minimum absolute atomic E-state index is 0.183. The second kappa shape index (κ2) is 6.53. The van der Waals surface area contributed by atoms with Gasteiger partial charge in [-0.1, -0.05) is 0 Å². The Kier molecular flexibility index (Phi) is 5.23. The van der Waals surface area contributed by atoms with Gasteiger partial charge in [0.2, 0.25) is 0 Å². The minimum atomic E-state index is 0.183. The van der Waals surface area contributed by atoms with Crippen molar-refractivity contribution in [1.29, 1.82) is 0 Å². The lowest BCUT2D eigenvalue weighted by Crippen LogP contribution is -2.56. The molecule has 19 heavy (non-hydrogen) atoms. The number of rotatable bonds is 4. The Morgan fingerprint density at radius 1 is 1.37 bits per heavy atom. The molecule has 2 heterocycles. The van der Waals surface area contributed by atoms with E-state index < -0.39 is 0 Å². The smallest absolute Gasteiger partial charge is 0.0622 e. The highest BCUT2D eigenvalue weighted by molar-refractivity contribution is 4.96. The molecule has 0 aliphatic carbocycles. The van der Waals surface area contributed by atoms with Gasteiger partial charge in [-0.25, -0.2) is 0 Å². The largest absolute Gasteiger partial charge is 0.380 e. The first-order valence-corrected chi connectivity index (χ1v) is 7.84. The molecule has 4 nitrogen and oxygen atoms in total. The molecule has 2 N–H and O–H groups in total. The number of hydrogen-bond acceptors (Lipinski definition) is 4. The first-order chi connectivity index (χ1) is 9.09. The molecular formula is C15H31N3O. The van der Waals surface area contributed by atoms with Gasteiger partial charge in [0.1, 0.15) is 0 Å². The lowest BCUT2D eigenvalue weighted by atomic mass is 9.87. The van der Waals surface area contributed by atoms with Crippen LogP contribution in [0.25, 0.3) is 0 Å². The number of nitrogens with zero attached hydrogens (tertiary/aromatic N) is 2. The van der Waals surface area contributed by atoms with Crippen LogP contribution in [0.3, 0.4) is 0 Å². The average molecular weight is 269 g/mol. The average Bonchev–Trinajstić information content (AvgIpc) is 2.83. The van der Waals surface area contributed by atoms with Gasteiger partial charge >= 0.3 is 0 Å². The van der Waals surface area contributed by atoms with E-state index in [1.807, 2.05) is 0 Å². The van der Waals surface area contributed by atoms with Gasteiger partial charge in [0.15, 0.2) is 0 Å². The van der Waals surface area contributed by atoms with Crippen LogP contribution in [0.4, 0.5) is 0 Å². The Balaban J connectivity index is 2.04. The van der Waals surface area contributed by atoms with Crippen LogP contribution in [0.1, 0.15) is 39.5 Å². The lowest BCUT2D eigenvalue weighted by Gasteiger charge is -2.44. The van der Waals surface area contributed by atoms with Crippen molar-refractivity contribution in [2.24, 2.45) is 5.73 Å². The van der Waals surface area contributed by atoms with Crippen molar-refractivity contribution in [3.05, 3.63) is 0 Å². The maximum absolute atomic E-state index is 6.20. The summed E-state index contributed by atoms with van der Waals surface area (Å²) in [4.78, 5) is 5.14. The van der Waals surface area contributed by atoms with E-state index in [0.717, 1.165) is 26.2 Å². The van der Waals surface area contributed by atoms with Crippen molar-refractivity contribution in [1.82, 2.24) is 9.80 Å². The van der Waals surface area contributed by atoms with Crippen molar-refractivity contribution in [3.63, 3.8) is 0 Å². The first kappa shape index (κ1) is 15.2. The molecule has 2 aliphatic rings. The van der Waals surface area contributed by atoms with E-state index in [4.69, 9.17) is 10.5 Å². The molecule has 2 fully saturated rings. The van der Waals surface area contributed by atoms with Crippen molar-refractivity contribution in [2.45, 2.75) is 57.2 Å². The molecule has 0 radical (unpaired) electrons. The summed E-state index contributed by atoms with van der Waals surface area (Å²) in [5, 5.41) is 0. The fourth-order valence-corrected chi connectivity index (χ4v) is 3.63. The van der Waals surface area contributed by atoms with Crippen LogP contribution in [0.2, 0.25) is 0 Å². The Morgan fingerprint density at radius 2 is 2.16 bits per heavy atom. The zero-order chi connectivity index (χ0) is 13.9. The van der Waals surface area contributed by atoms with Gasteiger partial charge in [-0.05, 0) is 53.1 Å². The molecule has 0 amide bonds. The van der Waals surface area contributed by atoms with Gasteiger partial charge in [-0.2, -0.15) is 0 Å². The third-order valence-electron chi connectivity index (χ3n) is 5.26. The fourth-order valence-electron chi connectivity index (χ4n) is 3.63. The summed E-state index contributed by atoms with van der Waals surface area (Å²) in [6.45, 7) is 9.54. The molecular weight excluding hydrogens is 238 g/mol. The van der Waals surface area contributed by atoms with Crippen molar-refractivity contribution < 1.29 is 4.74 Å². The molecule has 112 valence electrons. The van der Waals surface area contributed by atoms with Crippen LogP contribution >= 0.6 is 0 Å². The van der Waals surface area contributed by atoms with Gasteiger partial charge < -0.3 is 15.4 Å². The van der Waals surface area contributed by atoms with E-state index in [1.165, 1.54) is 32.4 Å². The highest BCUT2D eigenvalue weighted by Gasteiger charge is 2.39. The SMILES string of the molecule is CC(C)N1CCCC(CN)(N(C)C2CCOC2)CC1. The summed E-state index contributed by atoms with van der Waals surface area (Å²) in [6, 6.07) is 1.21. The van der Waals surface area contributed by atoms with Crippen LogP contribution in [0, 0.1) is 0 Å². The van der Waals surface area contributed by atoms with Crippen LogP contribution in [-0.4, -0.2) is 67.3 Å². The zero-order valence-corrected chi connectivity index (χ0v) is 12.9. The lowest BCUT2D eigenvalue weighted by molar-refractivity contribution is 0.0532. The monoisotopic (exact) mass is 269 g/mol. The van der Waals surface area contributed by atoms with Crippen LogP contribution < -0.4 is 5.73 Å². The molecule has 0 aromatic carbocycles. The van der Waals surface area contributed by atoms with E-state index in [0.29, 0.717) is 12.1 Å². The van der Waals surface area contributed by atoms with Crippen LogP contribution in [0.15, 0.2) is 0 Å². The van der Waals surface area contributed by atoms with Gasteiger partial charge in [-0.15, -0.1) is 0 Å². The number of likely N-dealkylation sites (N-methyl/N-ethyl adjacent to an activating group) is 1. The molecule has 2 saturated heterocycles. The molecule has 2 aliphatic heterocycles. The van der Waals surface area contributed by atoms with E-state index in [1.54, 1.807) is 0 Å². The maximum atomic E-state index is 6.20. The van der Waals surface area contributed by atoms with E-state index in [-0.39, 0.29) is 5.54 Å². The summed E-state index contributed by atoms with van der Waals surface area (Å²) >= 11 is 0. The molecule has 0 aromatic heterocycles. The normalized spacial score (nSPS) is 34.1.